The smallest absolute Gasteiger partial charge is 0.335 e. The molecule has 200 valence electrons. The molecule has 10 nitrogen and oxygen atoms in total. The number of carbonyl (C=O) groups is 2. The summed E-state index contributed by atoms with van der Waals surface area (Å²) in [7, 11) is -3.85. The molecule has 2 atom stereocenters. The number of benzene rings is 2. The molecule has 2 N–H and O–H groups in total. The molecule has 0 spiro atoms. The van der Waals surface area contributed by atoms with Crippen LogP contribution in [0.25, 0.3) is 0 Å². The molecule has 0 aliphatic carbocycles. The number of nitrogens with one attached hydrogen (secondary N) is 1. The number of sulfonamides is 1. The number of rotatable bonds is 4. The number of aromatic carboxylic acids is 1. The minimum Gasteiger partial charge on any atom is -0.478 e. The standard InChI is InChI=1S/C24H22F3N5O5S/c1-13-9-31-21(11-30(13)24(35)29-15-6-18(25)22(27)19(26)7-15)20(8-28-31)32-10-14(12-38(32,36)37)16-4-2-3-5-17(16)23(33)34/h2-8,13-14H,9-12H2,1H3,(H,29,35)(H,33,34)/t13-,14?/m0/s1. The molecule has 2 amide bonds. The normalized spacial score (nSPS) is 20.3. The van der Waals surface area contributed by atoms with Gasteiger partial charge in [-0.15, -0.1) is 0 Å². The van der Waals surface area contributed by atoms with Gasteiger partial charge in [-0.1, -0.05) is 18.2 Å². The maximum Gasteiger partial charge on any atom is 0.335 e. The summed E-state index contributed by atoms with van der Waals surface area (Å²) in [6.45, 7) is 1.85. The zero-order valence-electron chi connectivity index (χ0n) is 19.9. The van der Waals surface area contributed by atoms with Gasteiger partial charge in [-0.25, -0.2) is 31.2 Å². The minimum atomic E-state index is -3.85. The number of hydrogen-bond acceptors (Lipinski definition) is 5. The Morgan fingerprint density at radius 1 is 1.11 bits per heavy atom. The van der Waals surface area contributed by atoms with Gasteiger partial charge in [0.1, 0.15) is 0 Å². The van der Waals surface area contributed by atoms with Crippen molar-refractivity contribution in [3.8, 4) is 0 Å². The minimum absolute atomic E-state index is 0.0127. The van der Waals surface area contributed by atoms with Gasteiger partial charge in [-0.2, -0.15) is 5.10 Å². The SMILES string of the molecule is C[C@H]1Cn2ncc(N3CC(c4ccccc4C(=O)O)CS3(=O)=O)c2CN1C(=O)Nc1cc(F)c(F)c(F)c1. The maximum atomic E-state index is 13.6. The van der Waals surface area contributed by atoms with Crippen LogP contribution in [-0.2, 0) is 23.1 Å². The van der Waals surface area contributed by atoms with Gasteiger partial charge < -0.3 is 15.3 Å². The van der Waals surface area contributed by atoms with E-state index in [1.165, 1.54) is 21.5 Å². The lowest BCUT2D eigenvalue weighted by molar-refractivity contribution is 0.0695. The van der Waals surface area contributed by atoms with Crippen LogP contribution in [0.15, 0.2) is 42.6 Å². The topological polar surface area (TPSA) is 125 Å². The lowest BCUT2D eigenvalue weighted by Gasteiger charge is -2.35. The lowest BCUT2D eigenvalue weighted by atomic mass is 9.95. The number of fused-ring (bicyclic) bond motifs is 1. The number of hydrogen-bond donors (Lipinski definition) is 2. The van der Waals surface area contributed by atoms with Gasteiger partial charge in [0.25, 0.3) is 0 Å². The number of carboxylic acid groups (broad SMARTS) is 1. The molecule has 1 unspecified atom stereocenters. The molecule has 0 radical (unpaired) electrons. The fraction of sp³-hybridized carbons (Fsp3) is 0.292. The number of halogens is 3. The van der Waals surface area contributed by atoms with Crippen molar-refractivity contribution in [1.82, 2.24) is 14.7 Å². The van der Waals surface area contributed by atoms with Crippen molar-refractivity contribution >= 4 is 33.4 Å². The number of carbonyl (C=O) groups excluding carboxylic acids is 1. The van der Waals surface area contributed by atoms with E-state index < -0.39 is 51.4 Å². The number of nitrogens with zero attached hydrogens (tertiary/aromatic N) is 4. The first-order valence-electron chi connectivity index (χ1n) is 11.6. The molecular weight excluding hydrogens is 527 g/mol. The zero-order valence-corrected chi connectivity index (χ0v) is 20.8. The van der Waals surface area contributed by atoms with Crippen LogP contribution < -0.4 is 9.62 Å². The van der Waals surface area contributed by atoms with Crippen LogP contribution in [0.4, 0.5) is 29.3 Å². The van der Waals surface area contributed by atoms with Crippen molar-refractivity contribution in [3.05, 3.63) is 76.9 Å². The second-order valence-corrected chi connectivity index (χ2v) is 11.2. The van der Waals surface area contributed by atoms with Crippen molar-refractivity contribution in [2.24, 2.45) is 0 Å². The molecule has 1 aromatic heterocycles. The zero-order chi connectivity index (χ0) is 27.4. The summed E-state index contributed by atoms with van der Waals surface area (Å²) in [6.07, 6.45) is 1.39. The molecule has 38 heavy (non-hydrogen) atoms. The van der Waals surface area contributed by atoms with Crippen molar-refractivity contribution in [2.75, 3.05) is 21.9 Å². The predicted molar refractivity (Wildman–Crippen MR) is 130 cm³/mol. The summed E-state index contributed by atoms with van der Waals surface area (Å²) in [5, 5.41) is 16.2. The highest BCUT2D eigenvalue weighted by molar-refractivity contribution is 7.93. The number of aromatic nitrogens is 2. The van der Waals surface area contributed by atoms with Crippen LogP contribution in [0.1, 0.15) is 34.5 Å². The molecule has 1 fully saturated rings. The van der Waals surface area contributed by atoms with E-state index in [9.17, 15) is 36.3 Å². The van der Waals surface area contributed by atoms with Crippen molar-refractivity contribution in [2.45, 2.75) is 32.0 Å². The van der Waals surface area contributed by atoms with Gasteiger partial charge in [0.2, 0.25) is 10.0 Å². The third-order valence-electron chi connectivity index (χ3n) is 6.75. The summed E-state index contributed by atoms with van der Waals surface area (Å²) in [6, 6.07) is 6.41. The van der Waals surface area contributed by atoms with Crippen molar-refractivity contribution < 1.29 is 36.3 Å². The van der Waals surface area contributed by atoms with Crippen LogP contribution in [0, 0.1) is 17.5 Å². The van der Waals surface area contributed by atoms with Gasteiger partial charge in [0.15, 0.2) is 17.5 Å². The Balaban J connectivity index is 1.41. The summed E-state index contributed by atoms with van der Waals surface area (Å²) in [4.78, 5) is 26.0. The van der Waals surface area contributed by atoms with Crippen LogP contribution in [0.2, 0.25) is 0 Å². The van der Waals surface area contributed by atoms with Gasteiger partial charge in [0.05, 0.1) is 48.0 Å². The third kappa shape index (κ3) is 4.44. The lowest BCUT2D eigenvalue weighted by Crippen LogP contribution is -2.47. The van der Waals surface area contributed by atoms with Gasteiger partial charge in [-0.05, 0) is 18.6 Å². The van der Waals surface area contributed by atoms with Crippen molar-refractivity contribution in [3.63, 3.8) is 0 Å². The second kappa shape index (κ2) is 9.35. The molecule has 2 aliphatic heterocycles. The quantitative estimate of drug-likeness (QED) is 0.481. The highest BCUT2D eigenvalue weighted by atomic mass is 32.2. The summed E-state index contributed by atoms with van der Waals surface area (Å²) < 4.78 is 69.6. The first-order chi connectivity index (χ1) is 18.0. The molecular formula is C24H22F3N5O5S. The molecule has 3 heterocycles. The Kier molecular flexibility index (Phi) is 6.29. The van der Waals surface area contributed by atoms with E-state index in [0.29, 0.717) is 23.4 Å². The summed E-state index contributed by atoms with van der Waals surface area (Å²) >= 11 is 0. The van der Waals surface area contributed by atoms with Gasteiger partial charge >= 0.3 is 12.0 Å². The molecule has 14 heteroatoms. The maximum absolute atomic E-state index is 13.6. The number of amides is 2. The fourth-order valence-electron chi connectivity index (χ4n) is 4.88. The molecule has 0 saturated carbocycles. The Morgan fingerprint density at radius 3 is 2.47 bits per heavy atom. The van der Waals surface area contributed by atoms with E-state index in [-0.39, 0.29) is 42.3 Å². The molecule has 3 aromatic rings. The van der Waals surface area contributed by atoms with E-state index in [4.69, 9.17) is 0 Å². The Morgan fingerprint density at radius 2 is 1.79 bits per heavy atom. The number of urea groups is 1. The first kappa shape index (κ1) is 25.6. The number of carboxylic acids is 1. The molecule has 0 bridgehead atoms. The largest absolute Gasteiger partial charge is 0.478 e. The monoisotopic (exact) mass is 549 g/mol. The van der Waals surface area contributed by atoms with Crippen LogP contribution in [0.5, 0.6) is 0 Å². The van der Waals surface area contributed by atoms with Crippen LogP contribution in [0.3, 0.4) is 0 Å². The van der Waals surface area contributed by atoms with E-state index in [1.807, 2.05) is 0 Å². The highest BCUT2D eigenvalue weighted by Gasteiger charge is 2.41. The van der Waals surface area contributed by atoms with E-state index >= 15 is 0 Å². The first-order valence-corrected chi connectivity index (χ1v) is 13.2. The molecule has 1 saturated heterocycles. The fourth-order valence-corrected chi connectivity index (χ4v) is 6.72. The Bertz CT molecular complexity index is 1540. The van der Waals surface area contributed by atoms with Crippen molar-refractivity contribution in [1.29, 1.82) is 0 Å². The van der Waals surface area contributed by atoms with Gasteiger partial charge in [-0.3, -0.25) is 8.99 Å². The predicted octanol–water partition coefficient (Wildman–Crippen LogP) is 3.37. The Hall–Kier alpha value is -4.07. The van der Waals surface area contributed by atoms with Gasteiger partial charge in [0, 0.05) is 30.3 Å². The average Bonchev–Trinajstić information content (AvgIpc) is 3.40. The van der Waals surface area contributed by atoms with Crippen LogP contribution in [-0.4, -0.2) is 58.5 Å². The number of anilines is 2. The van der Waals surface area contributed by atoms with E-state index in [1.54, 1.807) is 29.8 Å². The third-order valence-corrected chi connectivity index (χ3v) is 8.59. The molecule has 2 aliphatic rings. The molecule has 5 rings (SSSR count). The summed E-state index contributed by atoms with van der Waals surface area (Å²) in [5.74, 6) is -6.62. The van der Waals surface area contributed by atoms with E-state index in [2.05, 4.69) is 10.4 Å². The highest BCUT2D eigenvalue weighted by Crippen LogP contribution is 2.37. The summed E-state index contributed by atoms with van der Waals surface area (Å²) in [5.41, 5.74) is 0.826. The van der Waals surface area contributed by atoms with Crippen LogP contribution >= 0.6 is 0 Å². The molecule has 2 aromatic carbocycles. The van der Waals surface area contributed by atoms with E-state index in [0.717, 1.165) is 0 Å². The average molecular weight is 550 g/mol. The second-order valence-electron chi connectivity index (χ2n) is 9.22. The Labute approximate surface area is 215 Å².